The van der Waals surface area contributed by atoms with Crippen molar-refractivity contribution in [2.75, 3.05) is 11.9 Å². The predicted octanol–water partition coefficient (Wildman–Crippen LogP) is -1.08. The second-order valence-electron chi connectivity index (χ2n) is 4.43. The highest BCUT2D eigenvalue weighted by atomic mass is 16.6. The molecule has 4 N–H and O–H groups in total. The maximum atomic E-state index is 9.98. The van der Waals surface area contributed by atoms with Crippen molar-refractivity contribution >= 4 is 17.9 Å². The van der Waals surface area contributed by atoms with E-state index >= 15 is 0 Å². The third kappa shape index (κ3) is 1.77. The molecule has 1 aromatic heterocycles. The molecule has 2 aliphatic heterocycles. The number of rotatable bonds is 2. The van der Waals surface area contributed by atoms with Gasteiger partial charge in [0.1, 0.15) is 29.8 Å². The van der Waals surface area contributed by atoms with Crippen LogP contribution in [0.1, 0.15) is 11.9 Å². The quantitative estimate of drug-likeness (QED) is 0.541. The molecule has 0 aromatic carbocycles. The molecule has 8 heteroatoms. The summed E-state index contributed by atoms with van der Waals surface area (Å²) in [4.78, 5) is 8.12. The molecule has 0 spiro atoms. The number of aromatic nitrogens is 2. The predicted molar refractivity (Wildman–Crippen MR) is 66.4 cm³/mol. The molecule has 1 fully saturated rings. The zero-order valence-electron chi connectivity index (χ0n) is 9.97. The van der Waals surface area contributed by atoms with Gasteiger partial charge < -0.3 is 25.4 Å². The summed E-state index contributed by atoms with van der Waals surface area (Å²) in [5, 5.41) is 31.7. The monoisotopic (exact) mass is 266 g/mol. The summed E-state index contributed by atoms with van der Waals surface area (Å²) in [6, 6.07) is 0. The molecule has 3 heterocycles. The van der Waals surface area contributed by atoms with Crippen LogP contribution in [0, 0.1) is 0 Å². The van der Waals surface area contributed by atoms with Gasteiger partial charge in [-0.05, 0) is 0 Å². The zero-order valence-corrected chi connectivity index (χ0v) is 9.97. The van der Waals surface area contributed by atoms with Gasteiger partial charge in [-0.1, -0.05) is 6.58 Å². The lowest BCUT2D eigenvalue weighted by atomic mass is 10.1. The fourth-order valence-electron chi connectivity index (χ4n) is 2.25. The number of aliphatic imine (C=N–C) groups is 1. The third-order valence-electron chi connectivity index (χ3n) is 3.28. The summed E-state index contributed by atoms with van der Waals surface area (Å²) in [6.07, 6.45) is -1.01. The van der Waals surface area contributed by atoms with Crippen LogP contribution in [-0.2, 0) is 4.74 Å². The number of aliphatic hydroxyl groups excluding tert-OH is 3. The summed E-state index contributed by atoms with van der Waals surface area (Å²) in [5.74, 6) is 0.579. The van der Waals surface area contributed by atoms with E-state index in [2.05, 4.69) is 21.9 Å². The number of fused-ring (bicyclic) bond motifs is 1. The Hall–Kier alpha value is -1.74. The van der Waals surface area contributed by atoms with Crippen molar-refractivity contribution in [2.45, 2.75) is 24.5 Å². The zero-order chi connectivity index (χ0) is 13.6. The Morgan fingerprint density at radius 2 is 2.21 bits per heavy atom. The minimum atomic E-state index is -1.15. The molecule has 102 valence electrons. The van der Waals surface area contributed by atoms with Crippen LogP contribution in [0.2, 0.25) is 0 Å². The van der Waals surface area contributed by atoms with Gasteiger partial charge in [0.25, 0.3) is 0 Å². The Labute approximate surface area is 108 Å². The number of hydrogen-bond acceptors (Lipinski definition) is 7. The average Bonchev–Trinajstić information content (AvgIpc) is 2.94. The molecule has 8 nitrogen and oxygen atoms in total. The topological polar surface area (TPSA) is 112 Å². The second-order valence-corrected chi connectivity index (χ2v) is 4.43. The smallest absolute Gasteiger partial charge is 0.165 e. The van der Waals surface area contributed by atoms with Gasteiger partial charge in [-0.2, -0.15) is 0 Å². The van der Waals surface area contributed by atoms with E-state index in [1.54, 1.807) is 4.57 Å². The molecule has 1 saturated heterocycles. The lowest BCUT2D eigenvalue weighted by Gasteiger charge is -2.20. The number of anilines is 1. The molecular formula is C11H14N4O4. The standard InChI is InChI=1S/C11H14N4O4/c1-5-7-10(13-3-12-5)15(4-14-7)11-9(18)8(17)6(2-16)19-11/h3-4,6,8-9,11,16-18H,1-2H2,(H,12,13)/t6-,8+,9+,11+/m1/s1. The number of nitrogens with zero attached hydrogens (tertiary/aromatic N) is 3. The third-order valence-corrected chi connectivity index (χ3v) is 3.28. The van der Waals surface area contributed by atoms with Crippen LogP contribution in [-0.4, -0.2) is 56.1 Å². The Morgan fingerprint density at radius 1 is 1.42 bits per heavy atom. The van der Waals surface area contributed by atoms with Gasteiger partial charge in [0, 0.05) is 0 Å². The highest BCUT2D eigenvalue weighted by Crippen LogP contribution is 2.34. The molecule has 0 aliphatic carbocycles. The minimum Gasteiger partial charge on any atom is -0.394 e. The van der Waals surface area contributed by atoms with Crippen LogP contribution in [0.4, 0.5) is 5.82 Å². The molecular weight excluding hydrogens is 252 g/mol. The molecule has 2 aliphatic rings. The first-order valence-electron chi connectivity index (χ1n) is 5.81. The Bertz CT molecular complexity index is 541. The lowest BCUT2D eigenvalue weighted by Crippen LogP contribution is -2.33. The highest BCUT2D eigenvalue weighted by Gasteiger charge is 2.44. The van der Waals surface area contributed by atoms with Crippen LogP contribution >= 0.6 is 0 Å². The van der Waals surface area contributed by atoms with E-state index in [-0.39, 0.29) is 6.61 Å². The van der Waals surface area contributed by atoms with E-state index < -0.39 is 24.5 Å². The van der Waals surface area contributed by atoms with E-state index in [1.807, 2.05) is 0 Å². The highest BCUT2D eigenvalue weighted by molar-refractivity contribution is 5.89. The largest absolute Gasteiger partial charge is 0.394 e. The van der Waals surface area contributed by atoms with Crippen molar-refractivity contribution in [3.63, 3.8) is 0 Å². The van der Waals surface area contributed by atoms with E-state index in [0.29, 0.717) is 17.2 Å². The Balaban J connectivity index is 1.95. The number of imidazole rings is 1. The van der Waals surface area contributed by atoms with Gasteiger partial charge >= 0.3 is 0 Å². The van der Waals surface area contributed by atoms with Crippen molar-refractivity contribution in [1.82, 2.24) is 9.55 Å². The van der Waals surface area contributed by atoms with Gasteiger partial charge in [0.2, 0.25) is 0 Å². The summed E-state index contributed by atoms with van der Waals surface area (Å²) >= 11 is 0. The fraction of sp³-hybridized carbons (Fsp3) is 0.455. The number of nitrogens with one attached hydrogen (secondary N) is 1. The maximum absolute atomic E-state index is 9.98. The van der Waals surface area contributed by atoms with Crippen molar-refractivity contribution in [1.29, 1.82) is 0 Å². The van der Waals surface area contributed by atoms with Crippen molar-refractivity contribution in [3.8, 4) is 0 Å². The van der Waals surface area contributed by atoms with Gasteiger partial charge in [0.05, 0.1) is 25.0 Å². The summed E-state index contributed by atoms with van der Waals surface area (Å²) in [7, 11) is 0. The molecule has 4 atom stereocenters. The lowest BCUT2D eigenvalue weighted by molar-refractivity contribution is -0.0518. The van der Waals surface area contributed by atoms with Crippen LogP contribution in [0.15, 0.2) is 17.9 Å². The summed E-state index contributed by atoms with van der Waals surface area (Å²) in [5.41, 5.74) is 1.06. The Kier molecular flexibility index (Phi) is 2.86. The Morgan fingerprint density at radius 3 is 2.89 bits per heavy atom. The van der Waals surface area contributed by atoms with E-state index in [9.17, 15) is 10.2 Å². The second kappa shape index (κ2) is 4.42. The maximum Gasteiger partial charge on any atom is 0.165 e. The van der Waals surface area contributed by atoms with Crippen LogP contribution < -0.4 is 5.32 Å². The molecule has 19 heavy (non-hydrogen) atoms. The average molecular weight is 266 g/mol. The molecule has 3 rings (SSSR count). The number of aliphatic hydroxyl groups is 3. The SMILES string of the molecule is C=C1N=CNc2c1ncn2[C@H]1O[C@H](CO)[C@H](O)[C@@H]1O. The van der Waals surface area contributed by atoms with Gasteiger partial charge in [-0.25, -0.2) is 9.98 Å². The van der Waals surface area contributed by atoms with Gasteiger partial charge in [-0.3, -0.25) is 4.57 Å². The number of hydrogen-bond donors (Lipinski definition) is 4. The molecule has 0 bridgehead atoms. The van der Waals surface area contributed by atoms with E-state index in [0.717, 1.165) is 0 Å². The first-order valence-corrected chi connectivity index (χ1v) is 5.81. The molecule has 0 unspecified atom stereocenters. The van der Waals surface area contributed by atoms with Crippen molar-refractivity contribution in [3.05, 3.63) is 18.6 Å². The molecule has 1 aromatic rings. The van der Waals surface area contributed by atoms with Crippen LogP contribution in [0.25, 0.3) is 5.70 Å². The summed E-state index contributed by atoms with van der Waals surface area (Å²) in [6.45, 7) is 3.39. The molecule has 0 saturated carbocycles. The molecule has 0 radical (unpaired) electrons. The summed E-state index contributed by atoms with van der Waals surface area (Å²) < 4.78 is 6.99. The van der Waals surface area contributed by atoms with Crippen LogP contribution in [0.3, 0.4) is 0 Å². The van der Waals surface area contributed by atoms with E-state index in [4.69, 9.17) is 9.84 Å². The first-order chi connectivity index (χ1) is 9.13. The van der Waals surface area contributed by atoms with Gasteiger partial charge in [-0.15, -0.1) is 0 Å². The van der Waals surface area contributed by atoms with E-state index in [1.165, 1.54) is 12.7 Å². The fourth-order valence-corrected chi connectivity index (χ4v) is 2.25. The minimum absolute atomic E-state index is 0.368. The van der Waals surface area contributed by atoms with Crippen LogP contribution in [0.5, 0.6) is 0 Å². The normalized spacial score (nSPS) is 33.3. The molecule has 0 amide bonds. The first kappa shape index (κ1) is 12.3. The van der Waals surface area contributed by atoms with Crippen molar-refractivity contribution < 1.29 is 20.1 Å². The van der Waals surface area contributed by atoms with Crippen molar-refractivity contribution in [2.24, 2.45) is 4.99 Å². The number of ether oxygens (including phenoxy) is 1. The van der Waals surface area contributed by atoms with Gasteiger partial charge in [0.15, 0.2) is 6.23 Å².